The van der Waals surface area contributed by atoms with E-state index in [1.165, 1.54) is 0 Å². The number of fused-ring (bicyclic) bond motifs is 3. The number of nitrogens with one attached hydrogen (secondary N) is 1. The molecule has 0 spiro atoms. The predicted octanol–water partition coefficient (Wildman–Crippen LogP) is 1.55. The highest BCUT2D eigenvalue weighted by molar-refractivity contribution is 6.13. The van der Waals surface area contributed by atoms with E-state index in [0.29, 0.717) is 18.7 Å². The highest BCUT2D eigenvalue weighted by Gasteiger charge is 2.56. The second-order valence-corrected chi connectivity index (χ2v) is 6.21. The smallest absolute Gasteiger partial charge is 0.327 e. The number of aromatic nitrogens is 1. The van der Waals surface area contributed by atoms with E-state index in [1.54, 1.807) is 11.5 Å². The number of amides is 1. The molecule has 0 aliphatic carbocycles. The van der Waals surface area contributed by atoms with Crippen LogP contribution in [0.2, 0.25) is 0 Å². The van der Waals surface area contributed by atoms with Gasteiger partial charge in [-0.2, -0.15) is 0 Å². The van der Waals surface area contributed by atoms with Crippen LogP contribution in [-0.4, -0.2) is 35.5 Å². The fraction of sp³-hybridized carbons (Fsp3) is 0.389. The van der Waals surface area contributed by atoms with E-state index >= 15 is 0 Å². The number of carbonyl (C=O) groups excluding carboxylic acids is 3. The molecular weight excluding hydrogens is 308 g/mol. The van der Waals surface area contributed by atoms with Gasteiger partial charge >= 0.3 is 5.97 Å². The van der Waals surface area contributed by atoms with Gasteiger partial charge in [0.25, 0.3) is 0 Å². The zero-order chi connectivity index (χ0) is 16.9. The molecule has 2 aliphatic heterocycles. The Bertz CT molecular complexity index is 883. The molecule has 0 radical (unpaired) electrons. The van der Waals surface area contributed by atoms with Crippen molar-refractivity contribution >= 4 is 28.7 Å². The normalized spacial score (nSPS) is 22.7. The lowest BCUT2D eigenvalue weighted by Gasteiger charge is -2.33. The van der Waals surface area contributed by atoms with Crippen molar-refractivity contribution < 1.29 is 19.1 Å². The molecule has 1 amide bonds. The maximum absolute atomic E-state index is 12.9. The fourth-order valence-corrected chi connectivity index (χ4v) is 4.01. The summed E-state index contributed by atoms with van der Waals surface area (Å²) in [5, 5.41) is 3.76. The first-order valence-electron chi connectivity index (χ1n) is 8.22. The number of hydrogen-bond donors (Lipinski definition) is 1. The van der Waals surface area contributed by atoms with Crippen molar-refractivity contribution in [3.8, 4) is 0 Å². The van der Waals surface area contributed by atoms with Crippen molar-refractivity contribution in [3.63, 3.8) is 0 Å². The number of hydrogen-bond acceptors (Lipinski definition) is 4. The Morgan fingerprint density at radius 3 is 2.88 bits per heavy atom. The Kier molecular flexibility index (Phi) is 3.23. The molecule has 1 aromatic heterocycles. The van der Waals surface area contributed by atoms with Gasteiger partial charge in [0.2, 0.25) is 11.8 Å². The molecule has 0 fully saturated rings. The van der Waals surface area contributed by atoms with Gasteiger partial charge in [0.15, 0.2) is 5.41 Å². The van der Waals surface area contributed by atoms with Crippen LogP contribution in [0.3, 0.4) is 0 Å². The summed E-state index contributed by atoms with van der Waals surface area (Å²) in [5.74, 6) is -1.01. The standard InChI is InChI=1S/C18H18N2O4/c1-2-24-17(23)18-9-7-14(21)20-13-6-4-3-5-11(13)12(15(18)20)8-10-19-16(18)22/h3-6H,2,7-10H2,1H3,(H,19,22). The second-order valence-electron chi connectivity index (χ2n) is 6.21. The Morgan fingerprint density at radius 2 is 2.08 bits per heavy atom. The van der Waals surface area contributed by atoms with E-state index in [-0.39, 0.29) is 31.3 Å². The maximum atomic E-state index is 12.9. The van der Waals surface area contributed by atoms with E-state index in [9.17, 15) is 14.4 Å². The van der Waals surface area contributed by atoms with Gasteiger partial charge in [0.05, 0.1) is 17.8 Å². The summed E-state index contributed by atoms with van der Waals surface area (Å²) in [6.07, 6.45) is 0.875. The van der Waals surface area contributed by atoms with Crippen LogP contribution in [0.5, 0.6) is 0 Å². The molecule has 124 valence electrons. The van der Waals surface area contributed by atoms with Gasteiger partial charge in [-0.3, -0.25) is 19.0 Å². The molecule has 4 rings (SSSR count). The first-order valence-corrected chi connectivity index (χ1v) is 8.22. The fourth-order valence-electron chi connectivity index (χ4n) is 4.01. The van der Waals surface area contributed by atoms with E-state index < -0.39 is 11.4 Å². The number of benzene rings is 1. The minimum absolute atomic E-state index is 0.0814. The summed E-state index contributed by atoms with van der Waals surface area (Å²) in [6.45, 7) is 2.35. The number of rotatable bonds is 2. The summed E-state index contributed by atoms with van der Waals surface area (Å²) < 4.78 is 6.82. The third-order valence-electron chi connectivity index (χ3n) is 5.02. The summed E-state index contributed by atoms with van der Waals surface area (Å²) >= 11 is 0. The third-order valence-corrected chi connectivity index (χ3v) is 5.02. The lowest BCUT2D eigenvalue weighted by atomic mass is 9.75. The quantitative estimate of drug-likeness (QED) is 0.671. The Labute approximate surface area is 138 Å². The number of ether oxygens (including phenoxy) is 1. The lowest BCUT2D eigenvalue weighted by molar-refractivity contribution is -0.155. The monoisotopic (exact) mass is 326 g/mol. The predicted molar refractivity (Wildman–Crippen MR) is 86.8 cm³/mol. The van der Waals surface area contributed by atoms with Crippen LogP contribution in [-0.2, 0) is 26.2 Å². The highest BCUT2D eigenvalue weighted by atomic mass is 16.5. The van der Waals surface area contributed by atoms with Crippen molar-refractivity contribution in [1.82, 2.24) is 9.88 Å². The van der Waals surface area contributed by atoms with Crippen molar-refractivity contribution in [2.75, 3.05) is 13.2 Å². The molecule has 0 bridgehead atoms. The Balaban J connectivity index is 2.12. The maximum Gasteiger partial charge on any atom is 0.327 e. The molecule has 2 aromatic rings. The summed E-state index contributed by atoms with van der Waals surface area (Å²) in [4.78, 5) is 38.3. The molecule has 1 aromatic carbocycles. The number of esters is 1. The van der Waals surface area contributed by atoms with Gasteiger partial charge in [-0.15, -0.1) is 0 Å². The summed E-state index contributed by atoms with van der Waals surface area (Å²) in [7, 11) is 0. The Morgan fingerprint density at radius 1 is 1.29 bits per heavy atom. The summed E-state index contributed by atoms with van der Waals surface area (Å²) in [6, 6.07) is 7.57. The van der Waals surface area contributed by atoms with Gasteiger partial charge in [-0.25, -0.2) is 0 Å². The average Bonchev–Trinajstić information content (AvgIpc) is 2.83. The molecular formula is C18H18N2O4. The minimum Gasteiger partial charge on any atom is -0.465 e. The number of para-hydroxylation sites is 1. The number of nitrogens with zero attached hydrogens (tertiary/aromatic N) is 1. The zero-order valence-electron chi connectivity index (χ0n) is 13.4. The van der Waals surface area contributed by atoms with Gasteiger partial charge in [-0.05, 0) is 31.4 Å². The van der Waals surface area contributed by atoms with Gasteiger partial charge < -0.3 is 10.1 Å². The van der Waals surface area contributed by atoms with Crippen LogP contribution >= 0.6 is 0 Å². The zero-order valence-corrected chi connectivity index (χ0v) is 13.4. The largest absolute Gasteiger partial charge is 0.465 e. The van der Waals surface area contributed by atoms with E-state index in [2.05, 4.69) is 5.32 Å². The summed E-state index contributed by atoms with van der Waals surface area (Å²) in [5.41, 5.74) is 0.725. The van der Waals surface area contributed by atoms with Crippen molar-refractivity contribution in [2.45, 2.75) is 31.6 Å². The van der Waals surface area contributed by atoms with Crippen molar-refractivity contribution in [1.29, 1.82) is 0 Å². The molecule has 6 heteroatoms. The molecule has 1 atom stereocenters. The first kappa shape index (κ1) is 14.9. The molecule has 2 aliphatic rings. The van der Waals surface area contributed by atoms with Crippen molar-refractivity contribution in [2.24, 2.45) is 0 Å². The molecule has 3 heterocycles. The van der Waals surface area contributed by atoms with Crippen LogP contribution in [0.25, 0.3) is 10.9 Å². The van der Waals surface area contributed by atoms with Crippen molar-refractivity contribution in [3.05, 3.63) is 35.5 Å². The van der Waals surface area contributed by atoms with Crippen LogP contribution in [0.1, 0.15) is 35.8 Å². The third kappa shape index (κ3) is 1.74. The van der Waals surface area contributed by atoms with Gasteiger partial charge in [0, 0.05) is 18.4 Å². The van der Waals surface area contributed by atoms with Crippen LogP contribution in [0.15, 0.2) is 24.3 Å². The lowest BCUT2D eigenvalue weighted by Crippen LogP contribution is -2.54. The molecule has 6 nitrogen and oxygen atoms in total. The van der Waals surface area contributed by atoms with Crippen LogP contribution in [0.4, 0.5) is 0 Å². The molecule has 0 saturated carbocycles. The van der Waals surface area contributed by atoms with E-state index in [4.69, 9.17) is 4.74 Å². The molecule has 24 heavy (non-hydrogen) atoms. The highest BCUT2D eigenvalue weighted by Crippen LogP contribution is 2.43. The number of carbonyl (C=O) groups is 3. The molecule has 1 N–H and O–H groups in total. The minimum atomic E-state index is -1.44. The van der Waals surface area contributed by atoms with E-state index in [1.807, 2.05) is 24.3 Å². The second kappa shape index (κ2) is 5.19. The van der Waals surface area contributed by atoms with Gasteiger partial charge in [0.1, 0.15) is 0 Å². The van der Waals surface area contributed by atoms with E-state index in [0.717, 1.165) is 16.5 Å². The van der Waals surface area contributed by atoms with Gasteiger partial charge in [-0.1, -0.05) is 18.2 Å². The van der Waals surface area contributed by atoms with Crippen LogP contribution < -0.4 is 5.32 Å². The molecule has 1 unspecified atom stereocenters. The van der Waals surface area contributed by atoms with Crippen LogP contribution in [0, 0.1) is 0 Å². The topological polar surface area (TPSA) is 77.4 Å². The average molecular weight is 326 g/mol. The molecule has 0 saturated heterocycles. The SMILES string of the molecule is CCOC(=O)C12CCC(=O)n3c1c(c1ccccc13)CCNC2=O. The first-order chi connectivity index (χ1) is 11.6. The Hall–Kier alpha value is -2.63.